The van der Waals surface area contributed by atoms with E-state index in [-0.39, 0.29) is 23.6 Å². The summed E-state index contributed by atoms with van der Waals surface area (Å²) in [6.07, 6.45) is -0.147. The molecule has 2 aromatic rings. The SMILES string of the molecule is Cc1ccc(NC(=O)COC(=O)[C@@H]2CC(=O)N(NC(=O)c3ccc(Cl)cc3Cl)C2)cc1C. The number of hydrazine groups is 1. The van der Waals surface area contributed by atoms with E-state index in [9.17, 15) is 19.2 Å². The number of hydrogen-bond acceptors (Lipinski definition) is 5. The number of halogens is 2. The summed E-state index contributed by atoms with van der Waals surface area (Å²) >= 11 is 11.8. The molecule has 1 saturated heterocycles. The maximum atomic E-state index is 12.4. The molecule has 0 aromatic heterocycles. The number of ether oxygens (including phenoxy) is 1. The highest BCUT2D eigenvalue weighted by Crippen LogP contribution is 2.22. The van der Waals surface area contributed by atoms with Gasteiger partial charge in [-0.15, -0.1) is 0 Å². The summed E-state index contributed by atoms with van der Waals surface area (Å²) in [5.41, 5.74) is 5.27. The fourth-order valence-corrected chi connectivity index (χ4v) is 3.60. The fraction of sp³-hybridized carbons (Fsp3) is 0.273. The normalized spacial score (nSPS) is 15.4. The van der Waals surface area contributed by atoms with Crippen LogP contribution in [-0.2, 0) is 19.1 Å². The molecular weight excluding hydrogens is 457 g/mol. The molecule has 3 amide bonds. The molecule has 168 valence electrons. The number of amides is 3. The first-order chi connectivity index (χ1) is 15.1. The standard InChI is InChI=1S/C22H21Cl2N3O5/c1-12-3-5-16(7-13(12)2)25-19(28)11-32-22(31)14-8-20(29)27(10-14)26-21(30)17-6-4-15(23)9-18(17)24/h3-7,9,14H,8,10-11H2,1-2H3,(H,25,28)(H,26,30)/t14-/m1/s1. The summed E-state index contributed by atoms with van der Waals surface area (Å²) in [6, 6.07) is 9.79. The Morgan fingerprint density at radius 1 is 1.09 bits per heavy atom. The Kier molecular flexibility index (Phi) is 7.37. The van der Waals surface area contributed by atoms with Crippen molar-refractivity contribution >= 4 is 52.6 Å². The van der Waals surface area contributed by atoms with Gasteiger partial charge in [-0.05, 0) is 55.3 Å². The quantitative estimate of drug-likeness (QED) is 0.621. The van der Waals surface area contributed by atoms with Crippen LogP contribution < -0.4 is 10.7 Å². The summed E-state index contributed by atoms with van der Waals surface area (Å²) in [5.74, 6) is -3.06. The number of carbonyl (C=O) groups is 4. The van der Waals surface area contributed by atoms with Gasteiger partial charge in [0, 0.05) is 17.1 Å². The van der Waals surface area contributed by atoms with Gasteiger partial charge >= 0.3 is 5.97 Å². The molecule has 0 unspecified atom stereocenters. The number of nitrogens with one attached hydrogen (secondary N) is 2. The lowest BCUT2D eigenvalue weighted by atomic mass is 10.1. The summed E-state index contributed by atoms with van der Waals surface area (Å²) in [6.45, 7) is 3.32. The van der Waals surface area contributed by atoms with Gasteiger partial charge in [0.05, 0.1) is 23.0 Å². The average Bonchev–Trinajstić information content (AvgIpc) is 3.09. The van der Waals surface area contributed by atoms with Crippen molar-refractivity contribution < 1.29 is 23.9 Å². The van der Waals surface area contributed by atoms with Crippen LogP contribution in [0.3, 0.4) is 0 Å². The van der Waals surface area contributed by atoms with E-state index in [0.717, 1.165) is 16.1 Å². The van der Waals surface area contributed by atoms with Crippen molar-refractivity contribution in [2.24, 2.45) is 5.92 Å². The van der Waals surface area contributed by atoms with Gasteiger partial charge in [-0.2, -0.15) is 0 Å². The van der Waals surface area contributed by atoms with Crippen molar-refractivity contribution in [1.82, 2.24) is 10.4 Å². The highest BCUT2D eigenvalue weighted by molar-refractivity contribution is 6.36. The molecular formula is C22H21Cl2N3O5. The van der Waals surface area contributed by atoms with Crippen LogP contribution in [0.25, 0.3) is 0 Å². The number of carbonyl (C=O) groups excluding carboxylic acids is 4. The maximum Gasteiger partial charge on any atom is 0.311 e. The molecule has 0 spiro atoms. The van der Waals surface area contributed by atoms with Gasteiger partial charge in [0.2, 0.25) is 5.91 Å². The van der Waals surface area contributed by atoms with Crippen LogP contribution in [0.15, 0.2) is 36.4 Å². The Morgan fingerprint density at radius 2 is 1.84 bits per heavy atom. The van der Waals surface area contributed by atoms with Crippen LogP contribution in [0.2, 0.25) is 10.0 Å². The predicted molar refractivity (Wildman–Crippen MR) is 119 cm³/mol. The number of hydrogen-bond donors (Lipinski definition) is 2. The van der Waals surface area contributed by atoms with Gasteiger partial charge in [-0.25, -0.2) is 0 Å². The van der Waals surface area contributed by atoms with Crippen molar-refractivity contribution in [3.63, 3.8) is 0 Å². The number of esters is 1. The van der Waals surface area contributed by atoms with E-state index in [0.29, 0.717) is 10.7 Å². The maximum absolute atomic E-state index is 12.4. The summed E-state index contributed by atoms with van der Waals surface area (Å²) in [4.78, 5) is 49.0. The van der Waals surface area contributed by atoms with E-state index in [1.165, 1.54) is 18.2 Å². The van der Waals surface area contributed by atoms with Gasteiger partial charge in [0.1, 0.15) is 0 Å². The predicted octanol–water partition coefficient (Wildman–Crippen LogP) is 3.29. The van der Waals surface area contributed by atoms with E-state index in [1.807, 2.05) is 26.0 Å². The second-order valence-corrected chi connectivity index (χ2v) is 8.27. The molecule has 1 fully saturated rings. The molecule has 0 aliphatic carbocycles. The molecule has 2 N–H and O–H groups in total. The van der Waals surface area contributed by atoms with E-state index >= 15 is 0 Å². The number of rotatable bonds is 6. The molecule has 0 bridgehead atoms. The van der Waals surface area contributed by atoms with Crippen LogP contribution in [0, 0.1) is 19.8 Å². The molecule has 32 heavy (non-hydrogen) atoms. The third kappa shape index (κ3) is 5.77. The molecule has 1 heterocycles. The number of aryl methyl sites for hydroxylation is 2. The third-order valence-electron chi connectivity index (χ3n) is 5.01. The van der Waals surface area contributed by atoms with E-state index < -0.39 is 36.2 Å². The summed E-state index contributed by atoms with van der Waals surface area (Å²) in [5, 5.41) is 4.19. The number of nitrogens with zero attached hydrogens (tertiary/aromatic N) is 1. The smallest absolute Gasteiger partial charge is 0.311 e. The Labute approximate surface area is 194 Å². The van der Waals surface area contributed by atoms with E-state index in [1.54, 1.807) is 6.07 Å². The first kappa shape index (κ1) is 23.6. The highest BCUT2D eigenvalue weighted by atomic mass is 35.5. The van der Waals surface area contributed by atoms with Gasteiger partial charge in [-0.1, -0.05) is 29.3 Å². The molecule has 10 heteroatoms. The molecule has 3 rings (SSSR count). The molecule has 1 aliphatic rings. The van der Waals surface area contributed by atoms with Crippen molar-refractivity contribution in [2.45, 2.75) is 20.3 Å². The molecule has 0 radical (unpaired) electrons. The Morgan fingerprint density at radius 3 is 2.53 bits per heavy atom. The Balaban J connectivity index is 1.50. The second-order valence-electron chi connectivity index (χ2n) is 7.43. The topological polar surface area (TPSA) is 105 Å². The lowest BCUT2D eigenvalue weighted by Crippen LogP contribution is -2.43. The van der Waals surface area contributed by atoms with Crippen molar-refractivity contribution in [3.8, 4) is 0 Å². The molecule has 2 aromatic carbocycles. The Hall–Kier alpha value is -3.10. The van der Waals surface area contributed by atoms with Crippen molar-refractivity contribution in [1.29, 1.82) is 0 Å². The van der Waals surface area contributed by atoms with Crippen LogP contribution >= 0.6 is 23.2 Å². The first-order valence-electron chi connectivity index (χ1n) is 9.74. The first-order valence-corrected chi connectivity index (χ1v) is 10.5. The van der Waals surface area contributed by atoms with Gasteiger partial charge < -0.3 is 10.1 Å². The largest absolute Gasteiger partial charge is 0.455 e. The molecule has 1 aliphatic heterocycles. The zero-order chi connectivity index (χ0) is 23.4. The van der Waals surface area contributed by atoms with Gasteiger partial charge in [-0.3, -0.25) is 29.6 Å². The van der Waals surface area contributed by atoms with Crippen LogP contribution in [0.1, 0.15) is 27.9 Å². The van der Waals surface area contributed by atoms with Crippen molar-refractivity contribution in [3.05, 3.63) is 63.1 Å². The third-order valence-corrected chi connectivity index (χ3v) is 5.55. The van der Waals surface area contributed by atoms with Crippen LogP contribution in [0.5, 0.6) is 0 Å². The fourth-order valence-electron chi connectivity index (χ4n) is 3.10. The lowest BCUT2D eigenvalue weighted by Gasteiger charge is -2.18. The van der Waals surface area contributed by atoms with Crippen LogP contribution in [0.4, 0.5) is 5.69 Å². The lowest BCUT2D eigenvalue weighted by molar-refractivity contribution is -0.151. The zero-order valence-corrected chi connectivity index (χ0v) is 18.9. The monoisotopic (exact) mass is 477 g/mol. The van der Waals surface area contributed by atoms with Crippen molar-refractivity contribution in [2.75, 3.05) is 18.5 Å². The van der Waals surface area contributed by atoms with Gasteiger partial charge in [0.15, 0.2) is 6.61 Å². The minimum atomic E-state index is -0.807. The summed E-state index contributed by atoms with van der Waals surface area (Å²) in [7, 11) is 0. The highest BCUT2D eigenvalue weighted by Gasteiger charge is 2.37. The van der Waals surface area contributed by atoms with Crippen LogP contribution in [-0.4, -0.2) is 41.9 Å². The average molecular weight is 478 g/mol. The zero-order valence-electron chi connectivity index (χ0n) is 17.4. The number of anilines is 1. The Bertz CT molecular complexity index is 1090. The molecule has 8 nitrogen and oxygen atoms in total. The van der Waals surface area contributed by atoms with E-state index in [4.69, 9.17) is 27.9 Å². The molecule has 0 saturated carbocycles. The number of benzene rings is 2. The summed E-state index contributed by atoms with van der Waals surface area (Å²) < 4.78 is 5.05. The minimum Gasteiger partial charge on any atom is -0.455 e. The minimum absolute atomic E-state index is 0.0760. The molecule has 1 atom stereocenters. The second kappa shape index (κ2) is 10.0. The van der Waals surface area contributed by atoms with E-state index in [2.05, 4.69) is 10.7 Å². The van der Waals surface area contributed by atoms with Gasteiger partial charge in [0.25, 0.3) is 11.8 Å².